The molecule has 25 heavy (non-hydrogen) atoms. The van der Waals surface area contributed by atoms with E-state index in [0.29, 0.717) is 23.7 Å². The molecule has 0 N–H and O–H groups in total. The molecule has 1 aliphatic rings. The van der Waals surface area contributed by atoms with Crippen LogP contribution in [0.4, 0.5) is 0 Å². The summed E-state index contributed by atoms with van der Waals surface area (Å²) in [6.45, 7) is 2.20. The topological polar surface area (TPSA) is 61.8 Å². The highest BCUT2D eigenvalue weighted by molar-refractivity contribution is 7.17. The van der Waals surface area contributed by atoms with E-state index >= 15 is 0 Å². The van der Waals surface area contributed by atoms with Crippen molar-refractivity contribution in [2.45, 2.75) is 19.8 Å². The maximum absolute atomic E-state index is 13.1. The Morgan fingerprint density at radius 3 is 2.60 bits per heavy atom. The summed E-state index contributed by atoms with van der Waals surface area (Å²) < 4.78 is 17.1. The second kappa shape index (κ2) is 7.27. The molecule has 6 heteroatoms. The van der Waals surface area contributed by atoms with E-state index in [1.54, 1.807) is 13.2 Å². The van der Waals surface area contributed by atoms with Crippen LogP contribution in [-0.2, 0) is 9.53 Å². The molecule has 1 aromatic carbocycles. The number of ketones is 2. The summed E-state index contributed by atoms with van der Waals surface area (Å²) in [7, 11) is 3.09. The Morgan fingerprint density at radius 1 is 1.24 bits per heavy atom. The van der Waals surface area contributed by atoms with Crippen molar-refractivity contribution in [1.29, 1.82) is 0 Å². The Hall–Kier alpha value is -2.34. The van der Waals surface area contributed by atoms with E-state index in [1.165, 1.54) is 24.7 Å². The fourth-order valence-electron chi connectivity index (χ4n) is 2.71. The van der Waals surface area contributed by atoms with E-state index in [0.717, 1.165) is 22.9 Å². The summed E-state index contributed by atoms with van der Waals surface area (Å²) in [4.78, 5) is 25.6. The van der Waals surface area contributed by atoms with Crippen molar-refractivity contribution in [1.82, 2.24) is 0 Å². The third kappa shape index (κ3) is 3.26. The molecule has 2 aromatic rings. The minimum Gasteiger partial charge on any atom is -0.501 e. The number of benzene rings is 1. The van der Waals surface area contributed by atoms with E-state index < -0.39 is 0 Å². The summed E-state index contributed by atoms with van der Waals surface area (Å²) in [6, 6.07) is 3.54. The van der Waals surface area contributed by atoms with Crippen LogP contribution in [0.1, 0.15) is 30.1 Å². The van der Waals surface area contributed by atoms with Crippen LogP contribution in [0.5, 0.6) is 11.5 Å². The van der Waals surface area contributed by atoms with Gasteiger partial charge >= 0.3 is 0 Å². The number of hydrogen-bond acceptors (Lipinski definition) is 6. The molecule has 1 aromatic heterocycles. The predicted octanol–water partition coefficient (Wildman–Crippen LogP) is 4.00. The van der Waals surface area contributed by atoms with Crippen LogP contribution in [0.25, 0.3) is 10.1 Å². The lowest BCUT2D eigenvalue weighted by Gasteiger charge is -2.12. The molecule has 0 aliphatic heterocycles. The maximum atomic E-state index is 13.1. The minimum atomic E-state index is -0.377. The number of ether oxygens (including phenoxy) is 3. The molecule has 0 unspecified atom stereocenters. The lowest BCUT2D eigenvalue weighted by molar-refractivity contribution is -0.116. The Balaban J connectivity index is 2.09. The van der Waals surface area contributed by atoms with Gasteiger partial charge in [-0.2, -0.15) is 0 Å². The quantitative estimate of drug-likeness (QED) is 0.234. The highest BCUT2D eigenvalue weighted by Crippen LogP contribution is 2.42. The Morgan fingerprint density at radius 2 is 2.00 bits per heavy atom. The normalized spacial score (nSPS) is 14.4. The number of hydrogen-bond donors (Lipinski definition) is 0. The summed E-state index contributed by atoms with van der Waals surface area (Å²) in [5, 5.41) is 2.61. The Kier molecular flexibility index (Phi) is 5.08. The van der Waals surface area contributed by atoms with Crippen LogP contribution in [0.15, 0.2) is 29.3 Å². The van der Waals surface area contributed by atoms with Gasteiger partial charge in [0, 0.05) is 16.0 Å². The lowest BCUT2D eigenvalue weighted by atomic mass is 9.97. The fraction of sp³-hybridized carbons (Fsp3) is 0.368. The summed E-state index contributed by atoms with van der Waals surface area (Å²) in [5.74, 6) is 0.471. The van der Waals surface area contributed by atoms with Gasteiger partial charge in [0.1, 0.15) is 17.1 Å². The van der Waals surface area contributed by atoms with Crippen molar-refractivity contribution in [3.63, 3.8) is 0 Å². The monoisotopic (exact) mass is 360 g/mol. The molecule has 1 saturated carbocycles. The SMILES string of the molecule is CCO/C=C(\C(=O)c1ccc2scc(OC)c2c1OC)C(=O)C1CC1. The van der Waals surface area contributed by atoms with E-state index in [-0.39, 0.29) is 23.1 Å². The zero-order chi connectivity index (χ0) is 18.0. The van der Waals surface area contributed by atoms with Gasteiger partial charge in [-0.25, -0.2) is 0 Å². The Labute approximate surface area is 150 Å². The summed E-state index contributed by atoms with van der Waals surface area (Å²) in [5.41, 5.74) is 0.419. The van der Waals surface area contributed by atoms with Gasteiger partial charge in [0.05, 0.1) is 38.0 Å². The van der Waals surface area contributed by atoms with Gasteiger partial charge in [0.2, 0.25) is 5.78 Å². The molecule has 132 valence electrons. The molecule has 0 spiro atoms. The predicted molar refractivity (Wildman–Crippen MR) is 96.7 cm³/mol. The van der Waals surface area contributed by atoms with Crippen molar-refractivity contribution in [3.05, 3.63) is 34.9 Å². The second-order valence-corrected chi connectivity index (χ2v) is 6.69. The number of methoxy groups -OCH3 is 2. The van der Waals surface area contributed by atoms with Gasteiger partial charge in [0.15, 0.2) is 5.78 Å². The average Bonchev–Trinajstić information content (AvgIpc) is 3.40. The first kappa shape index (κ1) is 17.5. The zero-order valence-corrected chi connectivity index (χ0v) is 15.3. The van der Waals surface area contributed by atoms with Crippen molar-refractivity contribution in [2.24, 2.45) is 5.92 Å². The molecule has 0 amide bonds. The number of Topliss-reactive ketones (excluding diaryl/α,β-unsaturated/α-hetero) is 2. The average molecular weight is 360 g/mol. The van der Waals surface area contributed by atoms with Crippen LogP contribution in [-0.4, -0.2) is 32.4 Å². The van der Waals surface area contributed by atoms with E-state index in [2.05, 4.69) is 0 Å². The number of carbonyl (C=O) groups is 2. The van der Waals surface area contributed by atoms with Crippen LogP contribution in [0.3, 0.4) is 0 Å². The molecule has 0 saturated heterocycles. The third-order valence-electron chi connectivity index (χ3n) is 4.15. The van der Waals surface area contributed by atoms with Gasteiger partial charge in [-0.15, -0.1) is 11.3 Å². The van der Waals surface area contributed by atoms with Crippen molar-refractivity contribution >= 4 is 33.0 Å². The molecule has 0 radical (unpaired) electrons. The standard InChI is InChI=1S/C19H20O5S/c1-4-24-9-13(17(20)11-5-6-11)18(21)12-7-8-15-16(19(12)23-3)14(22-2)10-25-15/h7-11H,4-6H2,1-3H3/b13-9-. The van der Waals surface area contributed by atoms with Crippen molar-refractivity contribution in [3.8, 4) is 11.5 Å². The fourth-order valence-corrected chi connectivity index (χ4v) is 3.62. The van der Waals surface area contributed by atoms with Crippen LogP contribution in [0.2, 0.25) is 0 Å². The lowest BCUT2D eigenvalue weighted by Crippen LogP contribution is -2.16. The van der Waals surface area contributed by atoms with Crippen molar-refractivity contribution < 1.29 is 23.8 Å². The zero-order valence-electron chi connectivity index (χ0n) is 14.5. The highest BCUT2D eigenvalue weighted by atomic mass is 32.1. The van der Waals surface area contributed by atoms with Crippen LogP contribution >= 0.6 is 11.3 Å². The number of allylic oxidation sites excluding steroid dienone is 1. The second-order valence-electron chi connectivity index (χ2n) is 5.78. The molecule has 1 aliphatic carbocycles. The van der Waals surface area contributed by atoms with Gasteiger partial charge in [-0.05, 0) is 31.9 Å². The molecule has 1 heterocycles. The van der Waals surface area contributed by atoms with Gasteiger partial charge in [0.25, 0.3) is 0 Å². The largest absolute Gasteiger partial charge is 0.501 e. The molecule has 0 atom stereocenters. The van der Waals surface area contributed by atoms with Gasteiger partial charge in [-0.3, -0.25) is 9.59 Å². The third-order valence-corrected chi connectivity index (χ3v) is 5.08. The maximum Gasteiger partial charge on any atom is 0.203 e. The van der Waals surface area contributed by atoms with E-state index in [1.807, 2.05) is 18.4 Å². The van der Waals surface area contributed by atoms with Gasteiger partial charge in [-0.1, -0.05) is 0 Å². The highest BCUT2D eigenvalue weighted by Gasteiger charge is 2.36. The number of fused-ring (bicyclic) bond motifs is 1. The minimum absolute atomic E-state index is 0.0685. The molecule has 1 fully saturated rings. The van der Waals surface area contributed by atoms with Crippen molar-refractivity contribution in [2.75, 3.05) is 20.8 Å². The Bertz CT molecular complexity index is 845. The van der Waals surface area contributed by atoms with Crippen LogP contribution in [0, 0.1) is 5.92 Å². The first-order valence-corrected chi connectivity index (χ1v) is 9.03. The molecule has 5 nitrogen and oxygen atoms in total. The first-order chi connectivity index (χ1) is 12.1. The summed E-state index contributed by atoms with van der Waals surface area (Å²) >= 11 is 1.51. The number of rotatable bonds is 8. The van der Waals surface area contributed by atoms with Gasteiger partial charge < -0.3 is 14.2 Å². The molecule has 0 bridgehead atoms. The first-order valence-electron chi connectivity index (χ1n) is 8.15. The smallest absolute Gasteiger partial charge is 0.203 e. The number of thiophene rings is 1. The van der Waals surface area contributed by atoms with Crippen LogP contribution < -0.4 is 9.47 Å². The van der Waals surface area contributed by atoms with E-state index in [4.69, 9.17) is 14.2 Å². The molecular weight excluding hydrogens is 340 g/mol. The molecule has 3 rings (SSSR count). The van der Waals surface area contributed by atoms with E-state index in [9.17, 15) is 9.59 Å². The molecular formula is C19H20O5S. The number of carbonyl (C=O) groups excluding carboxylic acids is 2. The summed E-state index contributed by atoms with van der Waals surface area (Å²) in [6.07, 6.45) is 2.94.